The third-order valence-electron chi connectivity index (χ3n) is 5.58. The molecule has 0 aliphatic carbocycles. The summed E-state index contributed by atoms with van der Waals surface area (Å²) in [7, 11) is 0. The molecule has 1 saturated heterocycles. The van der Waals surface area contributed by atoms with Crippen molar-refractivity contribution in [2.45, 2.75) is 31.9 Å². The Kier molecular flexibility index (Phi) is 5.78. The number of carbonyl (C=O) groups excluding carboxylic acids is 1. The summed E-state index contributed by atoms with van der Waals surface area (Å²) in [6.07, 6.45) is 8.10. The van der Waals surface area contributed by atoms with Crippen LogP contribution in [-0.2, 0) is 22.5 Å². The van der Waals surface area contributed by atoms with E-state index in [1.54, 1.807) is 17.5 Å². The molecule has 0 bridgehead atoms. The second kappa shape index (κ2) is 8.99. The van der Waals surface area contributed by atoms with E-state index >= 15 is 0 Å². The van der Waals surface area contributed by atoms with Gasteiger partial charge in [0.2, 0.25) is 5.91 Å². The molecule has 1 unspecified atom stereocenters. The van der Waals surface area contributed by atoms with E-state index in [1.807, 2.05) is 57.4 Å². The molecule has 0 saturated carbocycles. The van der Waals surface area contributed by atoms with Gasteiger partial charge in [-0.3, -0.25) is 14.2 Å². The minimum absolute atomic E-state index is 0.0917. The number of benzene rings is 1. The summed E-state index contributed by atoms with van der Waals surface area (Å²) in [6.45, 7) is 1.93. The van der Waals surface area contributed by atoms with Gasteiger partial charge >= 0.3 is 0 Å². The van der Waals surface area contributed by atoms with Crippen molar-refractivity contribution in [3.8, 4) is 11.3 Å². The van der Waals surface area contributed by atoms with Crippen molar-refractivity contribution >= 4 is 22.2 Å². The monoisotopic (exact) mass is 432 g/mol. The molecule has 6 nitrogen and oxygen atoms in total. The Hall–Kier alpha value is -3.03. The lowest BCUT2D eigenvalue weighted by atomic mass is 10.2. The van der Waals surface area contributed by atoms with Crippen LogP contribution in [0.5, 0.6) is 0 Å². The largest absolute Gasteiger partial charge is 0.376 e. The second-order valence-corrected chi connectivity index (χ2v) is 8.66. The highest BCUT2D eigenvalue weighted by atomic mass is 32.1. The summed E-state index contributed by atoms with van der Waals surface area (Å²) >= 11 is 1.57. The van der Waals surface area contributed by atoms with Gasteiger partial charge in [0.25, 0.3) is 0 Å². The molecule has 0 N–H and O–H groups in total. The van der Waals surface area contributed by atoms with Crippen LogP contribution in [0.1, 0.15) is 24.1 Å². The van der Waals surface area contributed by atoms with Crippen LogP contribution in [0, 0.1) is 0 Å². The molecule has 1 aromatic carbocycles. The highest BCUT2D eigenvalue weighted by Gasteiger charge is 2.24. The summed E-state index contributed by atoms with van der Waals surface area (Å²) in [4.78, 5) is 25.1. The first-order chi connectivity index (χ1) is 15.3. The lowest BCUT2D eigenvalue weighted by Gasteiger charge is -2.25. The normalized spacial score (nSPS) is 16.1. The van der Waals surface area contributed by atoms with Crippen molar-refractivity contribution in [1.82, 2.24) is 19.3 Å². The van der Waals surface area contributed by atoms with E-state index < -0.39 is 0 Å². The van der Waals surface area contributed by atoms with Crippen LogP contribution in [0.25, 0.3) is 16.2 Å². The zero-order valence-electron chi connectivity index (χ0n) is 17.2. The van der Waals surface area contributed by atoms with Gasteiger partial charge in [0.15, 0.2) is 4.96 Å². The molecule has 1 amide bonds. The molecular weight excluding hydrogens is 408 g/mol. The highest BCUT2D eigenvalue weighted by Crippen LogP contribution is 2.24. The molecule has 1 aliphatic rings. The fraction of sp³-hybridized carbons (Fsp3) is 0.292. The molecule has 158 valence electrons. The number of hydrogen-bond acceptors (Lipinski definition) is 5. The van der Waals surface area contributed by atoms with E-state index in [2.05, 4.69) is 17.1 Å². The van der Waals surface area contributed by atoms with Gasteiger partial charge in [-0.05, 0) is 24.5 Å². The van der Waals surface area contributed by atoms with Gasteiger partial charge in [0.05, 0.1) is 18.2 Å². The van der Waals surface area contributed by atoms with Crippen LogP contribution in [0.15, 0.2) is 66.4 Å². The van der Waals surface area contributed by atoms with Crippen LogP contribution in [0.4, 0.5) is 0 Å². The average molecular weight is 433 g/mol. The van der Waals surface area contributed by atoms with E-state index in [0.29, 0.717) is 19.5 Å². The fourth-order valence-corrected chi connectivity index (χ4v) is 4.84. The number of nitrogens with zero attached hydrogens (tertiary/aromatic N) is 4. The second-order valence-electron chi connectivity index (χ2n) is 7.82. The Morgan fingerprint density at radius 3 is 2.90 bits per heavy atom. The van der Waals surface area contributed by atoms with Gasteiger partial charge in [-0.1, -0.05) is 36.4 Å². The zero-order valence-corrected chi connectivity index (χ0v) is 18.0. The van der Waals surface area contributed by atoms with Gasteiger partial charge < -0.3 is 9.64 Å². The highest BCUT2D eigenvalue weighted by molar-refractivity contribution is 7.15. The van der Waals surface area contributed by atoms with E-state index in [-0.39, 0.29) is 12.0 Å². The smallest absolute Gasteiger partial charge is 0.228 e. The van der Waals surface area contributed by atoms with Crippen LogP contribution >= 0.6 is 11.3 Å². The van der Waals surface area contributed by atoms with Crippen LogP contribution < -0.4 is 0 Å². The lowest BCUT2D eigenvalue weighted by molar-refractivity contribution is -0.132. The predicted molar refractivity (Wildman–Crippen MR) is 121 cm³/mol. The Morgan fingerprint density at radius 2 is 2.13 bits per heavy atom. The molecule has 4 aromatic rings. The molecule has 1 atom stereocenters. The van der Waals surface area contributed by atoms with E-state index in [0.717, 1.165) is 46.9 Å². The number of amides is 1. The molecule has 3 aromatic heterocycles. The number of fused-ring (bicyclic) bond motifs is 1. The predicted octanol–water partition coefficient (Wildman–Crippen LogP) is 4.21. The van der Waals surface area contributed by atoms with Crippen LogP contribution in [0.3, 0.4) is 0 Å². The fourth-order valence-electron chi connectivity index (χ4n) is 3.97. The standard InChI is InChI=1S/C24H24N4O2S/c29-23(27(15-21-9-5-11-30-21)14-18-6-4-10-25-13-18)12-20-17-31-24-26-22(16-28(20)24)19-7-2-1-3-8-19/h1-4,6-8,10,13,16-17,21H,5,9,11-12,14-15H2. The van der Waals surface area contributed by atoms with Gasteiger partial charge in [0, 0.05) is 54.9 Å². The number of rotatable bonds is 7. The zero-order chi connectivity index (χ0) is 21.0. The molecule has 31 heavy (non-hydrogen) atoms. The van der Waals surface area contributed by atoms with Crippen molar-refractivity contribution in [3.05, 3.63) is 77.7 Å². The molecule has 0 spiro atoms. The van der Waals surface area contributed by atoms with E-state index in [4.69, 9.17) is 9.72 Å². The minimum Gasteiger partial charge on any atom is -0.376 e. The number of thiazole rings is 1. The van der Waals surface area contributed by atoms with Crippen molar-refractivity contribution in [2.24, 2.45) is 0 Å². The SMILES string of the molecule is O=C(Cc1csc2nc(-c3ccccc3)cn12)N(Cc1cccnc1)CC1CCCO1. The number of carbonyl (C=O) groups is 1. The van der Waals surface area contributed by atoms with Crippen molar-refractivity contribution < 1.29 is 9.53 Å². The van der Waals surface area contributed by atoms with Gasteiger partial charge in [-0.15, -0.1) is 11.3 Å². The van der Waals surface area contributed by atoms with E-state index in [9.17, 15) is 4.79 Å². The first-order valence-corrected chi connectivity index (χ1v) is 11.4. The molecule has 4 heterocycles. The van der Waals surface area contributed by atoms with Crippen LogP contribution in [0.2, 0.25) is 0 Å². The molecule has 1 fully saturated rings. The molecular formula is C24H24N4O2S. The summed E-state index contributed by atoms with van der Waals surface area (Å²) in [5.41, 5.74) is 3.99. The Morgan fingerprint density at radius 1 is 1.23 bits per heavy atom. The Labute approximate surface area is 185 Å². The first-order valence-electron chi connectivity index (χ1n) is 10.6. The average Bonchev–Trinajstić information content (AvgIpc) is 3.54. The van der Waals surface area contributed by atoms with Crippen molar-refractivity contribution in [2.75, 3.05) is 13.2 Å². The quantitative estimate of drug-likeness (QED) is 0.439. The van der Waals surface area contributed by atoms with Crippen LogP contribution in [-0.4, -0.2) is 44.4 Å². The molecule has 7 heteroatoms. The van der Waals surface area contributed by atoms with Crippen molar-refractivity contribution in [1.29, 1.82) is 0 Å². The first kappa shape index (κ1) is 19.9. The van der Waals surface area contributed by atoms with E-state index in [1.165, 1.54) is 0 Å². The Balaban J connectivity index is 1.36. The summed E-state index contributed by atoms with van der Waals surface area (Å²) in [5, 5.41) is 2.03. The van der Waals surface area contributed by atoms with Gasteiger partial charge in [-0.2, -0.15) is 0 Å². The molecule has 0 radical (unpaired) electrons. The maximum absolute atomic E-state index is 13.3. The maximum Gasteiger partial charge on any atom is 0.228 e. The summed E-state index contributed by atoms with van der Waals surface area (Å²) in [5.74, 6) is 0.0917. The summed E-state index contributed by atoms with van der Waals surface area (Å²) in [6, 6.07) is 14.0. The minimum atomic E-state index is 0.0917. The lowest BCUT2D eigenvalue weighted by Crippen LogP contribution is -2.38. The number of ether oxygens (including phenoxy) is 1. The number of imidazole rings is 1. The number of pyridine rings is 1. The summed E-state index contributed by atoms with van der Waals surface area (Å²) < 4.78 is 7.85. The third-order valence-corrected chi connectivity index (χ3v) is 6.47. The molecule has 5 rings (SSSR count). The van der Waals surface area contributed by atoms with Gasteiger partial charge in [0.1, 0.15) is 0 Å². The topological polar surface area (TPSA) is 59.7 Å². The number of aromatic nitrogens is 3. The Bertz CT molecular complexity index is 1150. The maximum atomic E-state index is 13.3. The number of hydrogen-bond donors (Lipinski definition) is 0. The van der Waals surface area contributed by atoms with Crippen molar-refractivity contribution in [3.63, 3.8) is 0 Å². The third kappa shape index (κ3) is 4.52. The van der Waals surface area contributed by atoms with Gasteiger partial charge in [-0.25, -0.2) is 4.98 Å². The molecule has 1 aliphatic heterocycles.